The van der Waals surface area contributed by atoms with Gasteiger partial charge in [-0.1, -0.05) is 37.6 Å². The van der Waals surface area contributed by atoms with E-state index in [1.54, 1.807) is 31.0 Å². The fourth-order valence-corrected chi connectivity index (χ4v) is 2.61. The van der Waals surface area contributed by atoms with E-state index in [0.29, 0.717) is 32.0 Å². The highest BCUT2D eigenvalue weighted by molar-refractivity contribution is 8.02. The van der Waals surface area contributed by atoms with E-state index in [9.17, 15) is 13.2 Å². The van der Waals surface area contributed by atoms with E-state index in [2.05, 4.69) is 37.7 Å². The topological polar surface area (TPSA) is 63.8 Å². The summed E-state index contributed by atoms with van der Waals surface area (Å²) in [4.78, 5) is 4.99. The third kappa shape index (κ3) is 23.2. The van der Waals surface area contributed by atoms with Gasteiger partial charge in [-0.25, -0.2) is 0 Å². The Hall–Kier alpha value is -2.54. The summed E-state index contributed by atoms with van der Waals surface area (Å²) in [6, 6.07) is 7.54. The van der Waals surface area contributed by atoms with E-state index in [-0.39, 0.29) is 0 Å². The number of nitriles is 1. The molecule has 1 rings (SSSR count). The number of thioether (sulfide) groups is 1. The molecule has 0 aliphatic rings. The van der Waals surface area contributed by atoms with Crippen LogP contribution >= 0.6 is 11.8 Å². The molecule has 9 heteroatoms. The molecule has 0 spiro atoms. The van der Waals surface area contributed by atoms with Crippen molar-refractivity contribution in [1.29, 1.82) is 5.26 Å². The van der Waals surface area contributed by atoms with Crippen molar-refractivity contribution in [3.63, 3.8) is 0 Å². The zero-order valence-electron chi connectivity index (χ0n) is 22.7. The number of hydrogen-bond acceptors (Lipinski definition) is 6. The summed E-state index contributed by atoms with van der Waals surface area (Å²) in [7, 11) is 1.63. The molecule has 0 unspecified atom stereocenters. The lowest BCUT2D eigenvalue weighted by Gasteiger charge is -2.12. The number of alkyl halides is 3. The molecule has 36 heavy (non-hydrogen) atoms. The van der Waals surface area contributed by atoms with Crippen molar-refractivity contribution < 1.29 is 27.4 Å². The average Bonchev–Trinajstić information content (AvgIpc) is 2.85. The van der Waals surface area contributed by atoms with Crippen molar-refractivity contribution in [3.8, 4) is 11.8 Å². The highest BCUT2D eigenvalue weighted by Gasteiger charge is 2.08. The Balaban J connectivity index is -0.000000693. The van der Waals surface area contributed by atoms with Gasteiger partial charge in [-0.05, 0) is 64.4 Å². The molecule has 1 aromatic carbocycles. The highest BCUT2D eigenvalue weighted by atomic mass is 32.2. The molecule has 0 atom stereocenters. The van der Waals surface area contributed by atoms with Crippen molar-refractivity contribution in [3.05, 3.63) is 63.7 Å². The molecule has 0 saturated carbocycles. The highest BCUT2D eigenvalue weighted by Crippen LogP contribution is 2.22. The van der Waals surface area contributed by atoms with Gasteiger partial charge in [0, 0.05) is 12.0 Å². The smallest absolute Gasteiger partial charge is 0.379 e. The number of aryl methyl sites for hydroxylation is 1. The predicted molar refractivity (Wildman–Crippen MR) is 147 cm³/mol. The van der Waals surface area contributed by atoms with Crippen molar-refractivity contribution in [1.82, 2.24) is 0 Å². The van der Waals surface area contributed by atoms with Crippen LogP contribution < -0.4 is 4.74 Å². The third-order valence-electron chi connectivity index (χ3n) is 3.74. The van der Waals surface area contributed by atoms with Gasteiger partial charge in [0.2, 0.25) is 0 Å². The minimum absolute atomic E-state index is 0.374. The van der Waals surface area contributed by atoms with Crippen LogP contribution in [0.4, 0.5) is 13.2 Å². The number of methoxy groups -OCH3 is 1. The Morgan fingerprint density at radius 3 is 2.19 bits per heavy atom. The molecule has 0 fully saturated rings. The molecule has 0 amide bonds. The van der Waals surface area contributed by atoms with Crippen LogP contribution in [0.5, 0.6) is 5.75 Å². The maximum atomic E-state index is 9.67. The standard InChI is InChI=1S/C17H22N2O3S.C7H12.C2H6.CHF3/c1-13-9-15(6-5-14(13)10-18)22-12-17(23-4)16(19-2)11-21-8-7-20-3;1-4-5-6-7(2)3;1-2;2-1(3)4/h5-6,9H,2,7-8,11-12H2,1,3-4H3;4-6H,1-3H3;1-2H3;1H/b17-16-;5-4-;;. The predicted octanol–water partition coefficient (Wildman–Crippen LogP) is 7.92. The monoisotopic (exact) mass is 530 g/mol. The maximum absolute atomic E-state index is 9.67. The number of halogens is 3. The molecule has 0 aromatic heterocycles. The van der Waals surface area contributed by atoms with E-state index in [4.69, 9.17) is 19.5 Å². The second-order valence-corrected chi connectivity index (χ2v) is 7.57. The lowest BCUT2D eigenvalue weighted by Crippen LogP contribution is -2.08. The zero-order valence-corrected chi connectivity index (χ0v) is 23.6. The number of rotatable bonds is 11. The van der Waals surface area contributed by atoms with Crippen LogP contribution in [0, 0.1) is 18.3 Å². The molecule has 204 valence electrons. The number of allylic oxidation sites excluding steroid dienone is 4. The van der Waals surface area contributed by atoms with Crippen molar-refractivity contribution >= 4 is 18.5 Å². The average molecular weight is 531 g/mol. The number of hydrogen-bond donors (Lipinski definition) is 0. The van der Waals surface area contributed by atoms with Crippen molar-refractivity contribution in [2.75, 3.05) is 39.8 Å². The van der Waals surface area contributed by atoms with E-state index < -0.39 is 6.68 Å². The summed E-state index contributed by atoms with van der Waals surface area (Å²) in [5.41, 5.74) is 3.65. The van der Waals surface area contributed by atoms with E-state index >= 15 is 0 Å². The van der Waals surface area contributed by atoms with Crippen LogP contribution in [0.2, 0.25) is 0 Å². The summed E-state index contributed by atoms with van der Waals surface area (Å²) in [5, 5.41) is 8.95. The van der Waals surface area contributed by atoms with Crippen molar-refractivity contribution in [2.45, 2.75) is 48.2 Å². The quantitative estimate of drug-likeness (QED) is 0.165. The van der Waals surface area contributed by atoms with E-state index in [1.807, 2.05) is 52.2 Å². The first-order valence-electron chi connectivity index (χ1n) is 11.3. The minimum atomic E-state index is -3.67. The molecule has 0 aliphatic heterocycles. The second kappa shape index (κ2) is 27.1. The third-order valence-corrected chi connectivity index (χ3v) is 4.59. The number of nitrogens with zero attached hydrogens (tertiary/aromatic N) is 2. The summed E-state index contributed by atoms with van der Waals surface area (Å²) in [5.74, 6) is 0.719. The molecule has 0 aliphatic carbocycles. The molecule has 0 heterocycles. The minimum Gasteiger partial charge on any atom is -0.488 e. The van der Waals surface area contributed by atoms with Crippen LogP contribution in [0.15, 0.2) is 57.6 Å². The number of benzene rings is 1. The fraction of sp³-hybridized carbons (Fsp3) is 0.481. The second-order valence-electron chi connectivity index (χ2n) is 6.67. The van der Waals surface area contributed by atoms with Gasteiger partial charge in [0.1, 0.15) is 12.4 Å². The van der Waals surface area contributed by atoms with Crippen LogP contribution in [-0.2, 0) is 9.47 Å². The molecule has 5 nitrogen and oxygen atoms in total. The molecule has 0 bridgehead atoms. The lowest BCUT2D eigenvalue weighted by molar-refractivity contribution is 0.00819. The number of aliphatic imine (C=N–C) groups is 1. The Bertz CT molecular complexity index is 829. The summed E-state index contributed by atoms with van der Waals surface area (Å²) < 4.78 is 45.2. The van der Waals surface area contributed by atoms with Gasteiger partial charge in [0.05, 0.1) is 37.2 Å². The fourth-order valence-electron chi connectivity index (χ4n) is 2.07. The zero-order chi connectivity index (χ0) is 28.4. The van der Waals surface area contributed by atoms with E-state index in [0.717, 1.165) is 21.9 Å². The Kier molecular flexibility index (Phi) is 28.6. The van der Waals surface area contributed by atoms with Gasteiger partial charge < -0.3 is 14.2 Å². The van der Waals surface area contributed by atoms with Gasteiger partial charge in [-0.3, -0.25) is 4.99 Å². The first-order valence-corrected chi connectivity index (χ1v) is 12.5. The largest absolute Gasteiger partial charge is 0.488 e. The van der Waals surface area contributed by atoms with Gasteiger partial charge >= 0.3 is 6.68 Å². The SMILES string of the molecule is C/C=C\C=C(C)C.C=N/C(COCCOC)=C(/COc1ccc(C#N)c(C)c1)SC.CC.FC(F)F. The normalized spacial score (nSPS) is 10.4. The summed E-state index contributed by atoms with van der Waals surface area (Å²) in [6.07, 6.45) is 8.10. The molecule has 0 saturated heterocycles. The Labute approximate surface area is 219 Å². The maximum Gasteiger partial charge on any atom is 0.379 e. The first kappa shape index (κ1) is 38.0. The van der Waals surface area contributed by atoms with Gasteiger partial charge in [-0.2, -0.15) is 18.4 Å². The van der Waals surface area contributed by atoms with Gasteiger partial charge in [0.25, 0.3) is 0 Å². The van der Waals surface area contributed by atoms with Crippen LogP contribution in [0.1, 0.15) is 45.7 Å². The number of ether oxygens (including phenoxy) is 3. The first-order chi connectivity index (χ1) is 17.2. The molecule has 0 N–H and O–H groups in total. The van der Waals surface area contributed by atoms with Crippen LogP contribution in [-0.4, -0.2) is 53.2 Å². The Morgan fingerprint density at radius 1 is 1.19 bits per heavy atom. The Morgan fingerprint density at radius 2 is 1.81 bits per heavy atom. The molecular formula is C27H41F3N2O3S. The molecule has 1 aromatic rings. The van der Waals surface area contributed by atoms with Crippen molar-refractivity contribution in [2.24, 2.45) is 4.99 Å². The van der Waals surface area contributed by atoms with E-state index in [1.165, 1.54) is 5.57 Å². The van der Waals surface area contributed by atoms with Gasteiger partial charge in [-0.15, -0.1) is 11.8 Å². The lowest BCUT2D eigenvalue weighted by atomic mass is 10.1. The molecular weight excluding hydrogens is 489 g/mol. The van der Waals surface area contributed by atoms with Crippen LogP contribution in [0.25, 0.3) is 0 Å². The summed E-state index contributed by atoms with van der Waals surface area (Å²) in [6.45, 7) is 13.8. The van der Waals surface area contributed by atoms with Crippen LogP contribution in [0.3, 0.4) is 0 Å². The molecule has 0 radical (unpaired) electrons. The van der Waals surface area contributed by atoms with Gasteiger partial charge in [0.15, 0.2) is 0 Å². The summed E-state index contributed by atoms with van der Waals surface area (Å²) >= 11 is 1.55.